The molecule has 2 heterocycles. The third kappa shape index (κ3) is 1.94. The topological polar surface area (TPSA) is 104 Å². The van der Waals surface area contributed by atoms with Gasteiger partial charge in [0.2, 0.25) is 0 Å². The molecule has 116 valence electrons. The van der Waals surface area contributed by atoms with Gasteiger partial charge in [0.05, 0.1) is 30.4 Å². The van der Waals surface area contributed by atoms with Gasteiger partial charge in [0.1, 0.15) is 12.2 Å². The molecule has 0 unspecified atom stereocenters. The second-order valence-corrected chi connectivity index (χ2v) is 6.64. The van der Waals surface area contributed by atoms with Gasteiger partial charge in [0.15, 0.2) is 0 Å². The zero-order chi connectivity index (χ0) is 14.5. The van der Waals surface area contributed by atoms with Gasteiger partial charge in [-0.15, -0.1) is 0 Å². The van der Waals surface area contributed by atoms with Crippen molar-refractivity contribution in [2.75, 3.05) is 13.2 Å². The fraction of sp³-hybridized carbons (Fsp3) is 1.00. The molecule has 0 amide bonds. The standard InChI is InChI=1S/C14H25NO5/c16-7-14-12(10(18)8-4-2-1-3-5-8)15(14)6-9(17)11(19)13(14)20/h8-13,16-20H,1-7H2/t9-,10+,11+,12+,13-,14-,15+/m0/s1. The molecule has 3 rings (SSSR count). The highest BCUT2D eigenvalue weighted by atomic mass is 16.4. The first kappa shape index (κ1) is 14.7. The van der Waals surface area contributed by atoms with E-state index in [-0.39, 0.29) is 25.1 Å². The van der Waals surface area contributed by atoms with Crippen molar-refractivity contribution in [2.24, 2.45) is 5.92 Å². The number of aliphatic hydroxyl groups excluding tert-OH is 5. The molecule has 1 saturated carbocycles. The van der Waals surface area contributed by atoms with Crippen LogP contribution < -0.4 is 0 Å². The van der Waals surface area contributed by atoms with Crippen LogP contribution in [0.2, 0.25) is 0 Å². The van der Waals surface area contributed by atoms with Crippen LogP contribution in [-0.2, 0) is 0 Å². The van der Waals surface area contributed by atoms with Crippen molar-refractivity contribution < 1.29 is 25.5 Å². The largest absolute Gasteiger partial charge is 0.394 e. The summed E-state index contributed by atoms with van der Waals surface area (Å²) >= 11 is 0. The van der Waals surface area contributed by atoms with Crippen LogP contribution in [0.1, 0.15) is 32.1 Å². The predicted molar refractivity (Wildman–Crippen MR) is 70.9 cm³/mol. The van der Waals surface area contributed by atoms with Crippen molar-refractivity contribution in [1.82, 2.24) is 4.90 Å². The Morgan fingerprint density at radius 3 is 2.35 bits per heavy atom. The molecular weight excluding hydrogens is 262 g/mol. The fourth-order valence-corrected chi connectivity index (χ4v) is 4.37. The summed E-state index contributed by atoms with van der Waals surface area (Å²) in [5.41, 5.74) is -0.977. The lowest BCUT2D eigenvalue weighted by Crippen LogP contribution is -2.57. The highest BCUT2D eigenvalue weighted by Gasteiger charge is 2.73. The summed E-state index contributed by atoms with van der Waals surface area (Å²) in [6.07, 6.45) is 1.21. The molecule has 2 aliphatic heterocycles. The number of piperidine rings is 1. The Balaban J connectivity index is 1.77. The van der Waals surface area contributed by atoms with Crippen LogP contribution in [-0.4, -0.2) is 79.6 Å². The molecule has 0 aromatic heterocycles. The minimum atomic E-state index is -1.26. The van der Waals surface area contributed by atoms with E-state index in [9.17, 15) is 25.5 Å². The van der Waals surface area contributed by atoms with Crippen LogP contribution in [0.5, 0.6) is 0 Å². The summed E-state index contributed by atoms with van der Waals surface area (Å²) in [5.74, 6) is 0.185. The molecule has 6 nitrogen and oxygen atoms in total. The van der Waals surface area contributed by atoms with E-state index in [1.54, 1.807) is 4.90 Å². The summed E-state index contributed by atoms with van der Waals surface area (Å²) in [6.45, 7) is -0.125. The van der Waals surface area contributed by atoms with Crippen LogP contribution in [0.15, 0.2) is 0 Å². The summed E-state index contributed by atoms with van der Waals surface area (Å²) in [6, 6.07) is -0.364. The van der Waals surface area contributed by atoms with Gasteiger partial charge >= 0.3 is 0 Å². The Bertz CT molecular complexity index is 361. The Morgan fingerprint density at radius 1 is 1.10 bits per heavy atom. The summed E-state index contributed by atoms with van der Waals surface area (Å²) in [4.78, 5) is 1.76. The molecule has 0 aromatic rings. The number of fused-ring (bicyclic) bond motifs is 1. The Labute approximate surface area is 118 Å². The molecule has 1 aliphatic carbocycles. The third-order valence-electron chi connectivity index (χ3n) is 5.64. The summed E-state index contributed by atoms with van der Waals surface area (Å²) in [5, 5.41) is 50.1. The van der Waals surface area contributed by atoms with Gasteiger partial charge in [0.25, 0.3) is 0 Å². The van der Waals surface area contributed by atoms with Crippen molar-refractivity contribution in [1.29, 1.82) is 0 Å². The van der Waals surface area contributed by atoms with E-state index in [0.717, 1.165) is 25.7 Å². The van der Waals surface area contributed by atoms with Crippen LogP contribution in [0.3, 0.4) is 0 Å². The predicted octanol–water partition coefficient (Wildman–Crippen LogP) is -1.56. The maximum Gasteiger partial charge on any atom is 0.109 e. The van der Waals surface area contributed by atoms with Gasteiger partial charge in [-0.3, -0.25) is 4.90 Å². The van der Waals surface area contributed by atoms with E-state index >= 15 is 0 Å². The van der Waals surface area contributed by atoms with Crippen LogP contribution in [0, 0.1) is 5.92 Å². The van der Waals surface area contributed by atoms with Gasteiger partial charge in [-0.25, -0.2) is 0 Å². The highest BCUT2D eigenvalue weighted by molar-refractivity contribution is 5.27. The average Bonchev–Trinajstić information content (AvgIpc) is 3.14. The Kier molecular flexibility index (Phi) is 3.81. The normalized spacial score (nSPS) is 50.5. The van der Waals surface area contributed by atoms with E-state index in [4.69, 9.17) is 0 Å². The molecular formula is C14H25NO5. The lowest BCUT2D eigenvalue weighted by molar-refractivity contribution is -0.115. The smallest absolute Gasteiger partial charge is 0.109 e. The first-order valence-electron chi connectivity index (χ1n) is 7.64. The number of aliphatic hydroxyl groups is 5. The maximum atomic E-state index is 10.6. The summed E-state index contributed by atoms with van der Waals surface area (Å²) < 4.78 is 0. The maximum absolute atomic E-state index is 10.6. The molecule has 6 heteroatoms. The van der Waals surface area contributed by atoms with Crippen LogP contribution in [0.25, 0.3) is 0 Å². The van der Waals surface area contributed by atoms with E-state index < -0.39 is 30.0 Å². The van der Waals surface area contributed by atoms with Crippen LogP contribution >= 0.6 is 0 Å². The molecule has 0 aromatic carbocycles. The molecule has 0 spiro atoms. The molecule has 2 saturated heterocycles. The number of rotatable bonds is 3. The van der Waals surface area contributed by atoms with Crippen molar-refractivity contribution in [2.45, 2.75) is 68.1 Å². The number of hydrogen-bond donors (Lipinski definition) is 5. The van der Waals surface area contributed by atoms with E-state index in [2.05, 4.69) is 0 Å². The molecule has 3 aliphatic rings. The summed E-state index contributed by atoms with van der Waals surface area (Å²) in [7, 11) is 0. The third-order valence-corrected chi connectivity index (χ3v) is 5.64. The Morgan fingerprint density at radius 2 is 1.75 bits per heavy atom. The van der Waals surface area contributed by atoms with Crippen molar-refractivity contribution in [3.8, 4) is 0 Å². The quantitative estimate of drug-likeness (QED) is 0.402. The van der Waals surface area contributed by atoms with Gasteiger partial charge in [-0.2, -0.15) is 0 Å². The van der Waals surface area contributed by atoms with Crippen molar-refractivity contribution in [3.63, 3.8) is 0 Å². The first-order chi connectivity index (χ1) is 9.54. The SMILES string of the molecule is OC[C@]12[C@@H](O)[C@H](O)[C@@H](O)C[N@]1[C@@H]2[C@H](O)C1CCCCC1. The van der Waals surface area contributed by atoms with Gasteiger partial charge in [-0.05, 0) is 18.8 Å². The second-order valence-electron chi connectivity index (χ2n) is 6.64. The van der Waals surface area contributed by atoms with Crippen LogP contribution in [0.4, 0.5) is 0 Å². The fourth-order valence-electron chi connectivity index (χ4n) is 4.37. The molecule has 20 heavy (non-hydrogen) atoms. The minimum absolute atomic E-state index is 0.185. The lowest BCUT2D eigenvalue weighted by atomic mass is 9.80. The van der Waals surface area contributed by atoms with E-state index in [0.29, 0.717) is 0 Å². The molecule has 5 N–H and O–H groups in total. The highest BCUT2D eigenvalue weighted by Crippen LogP contribution is 2.52. The first-order valence-corrected chi connectivity index (χ1v) is 7.64. The monoisotopic (exact) mass is 287 g/mol. The van der Waals surface area contributed by atoms with Gasteiger partial charge in [0, 0.05) is 6.54 Å². The molecule has 3 fully saturated rings. The molecule has 0 radical (unpaired) electrons. The number of nitrogens with zero attached hydrogens (tertiary/aromatic N) is 1. The molecule has 7 atom stereocenters. The number of β-amino-alcohol motifs (C(OH)–C–C–N with tert-alkyl or cyclic N) is 1. The minimum Gasteiger partial charge on any atom is -0.394 e. The lowest BCUT2D eigenvalue weighted by Gasteiger charge is -2.34. The zero-order valence-electron chi connectivity index (χ0n) is 11.6. The van der Waals surface area contributed by atoms with E-state index in [1.807, 2.05) is 0 Å². The van der Waals surface area contributed by atoms with Crippen molar-refractivity contribution >= 4 is 0 Å². The zero-order valence-corrected chi connectivity index (χ0v) is 11.6. The van der Waals surface area contributed by atoms with E-state index in [1.165, 1.54) is 6.42 Å². The van der Waals surface area contributed by atoms with Gasteiger partial charge < -0.3 is 25.5 Å². The van der Waals surface area contributed by atoms with Gasteiger partial charge in [-0.1, -0.05) is 19.3 Å². The average molecular weight is 287 g/mol. The number of hydrogen-bond acceptors (Lipinski definition) is 6. The second kappa shape index (κ2) is 5.19. The van der Waals surface area contributed by atoms with Crippen molar-refractivity contribution in [3.05, 3.63) is 0 Å². The Hall–Kier alpha value is -0.240. The molecule has 0 bridgehead atoms.